The highest BCUT2D eigenvalue weighted by molar-refractivity contribution is 6.45. The fraction of sp³-hybridized carbons (Fsp3) is 0.385. The van der Waals surface area contributed by atoms with Crippen LogP contribution in [0.3, 0.4) is 0 Å². The largest absolute Gasteiger partial charge is 0.493 e. The number of amides is 2. The number of aryl methyl sites for hydroxylation is 2. The third kappa shape index (κ3) is 4.20. The van der Waals surface area contributed by atoms with Crippen molar-refractivity contribution in [2.45, 2.75) is 26.7 Å². The zero-order chi connectivity index (χ0) is 23.7. The van der Waals surface area contributed by atoms with Crippen molar-refractivity contribution in [3.63, 3.8) is 0 Å². The number of ether oxygens (including phenoxy) is 2. The number of piperidine rings is 1. The highest BCUT2D eigenvalue weighted by atomic mass is 16.5. The Morgan fingerprint density at radius 3 is 2.30 bits per heavy atom. The molecule has 7 nitrogen and oxygen atoms in total. The van der Waals surface area contributed by atoms with Crippen LogP contribution in [0.4, 0.5) is 5.69 Å². The first-order valence-corrected chi connectivity index (χ1v) is 11.2. The molecule has 0 spiro atoms. The van der Waals surface area contributed by atoms with E-state index in [1.165, 1.54) is 12.0 Å². The molecule has 2 aromatic carbocycles. The SMILES string of the molecule is COc1ccc(C2=C(N3CCCC(CO)C3)C(=O)N(c3cc(C)cc(C)c3)C2=O)cc1OC. The molecule has 2 amide bonds. The number of imide groups is 1. The van der Waals surface area contributed by atoms with E-state index in [4.69, 9.17) is 9.47 Å². The van der Waals surface area contributed by atoms with Crippen LogP contribution in [-0.4, -0.2) is 55.7 Å². The van der Waals surface area contributed by atoms with Crippen molar-refractivity contribution < 1.29 is 24.2 Å². The van der Waals surface area contributed by atoms with Crippen LogP contribution in [0.5, 0.6) is 11.5 Å². The summed E-state index contributed by atoms with van der Waals surface area (Å²) in [6.45, 7) is 5.13. The lowest BCUT2D eigenvalue weighted by Gasteiger charge is -2.34. The summed E-state index contributed by atoms with van der Waals surface area (Å²) < 4.78 is 10.8. The van der Waals surface area contributed by atoms with Gasteiger partial charge in [0.25, 0.3) is 11.8 Å². The van der Waals surface area contributed by atoms with E-state index in [9.17, 15) is 14.7 Å². The van der Waals surface area contributed by atoms with Crippen LogP contribution < -0.4 is 14.4 Å². The molecular weight excluding hydrogens is 420 g/mol. The average Bonchev–Trinajstić information content (AvgIpc) is 3.07. The number of anilines is 1. The number of methoxy groups -OCH3 is 2. The molecule has 0 aliphatic carbocycles. The summed E-state index contributed by atoms with van der Waals surface area (Å²) in [7, 11) is 3.09. The van der Waals surface area contributed by atoms with E-state index in [0.29, 0.717) is 47.1 Å². The molecule has 1 N–H and O–H groups in total. The van der Waals surface area contributed by atoms with Crippen LogP contribution >= 0.6 is 0 Å². The van der Waals surface area contributed by atoms with Crippen molar-refractivity contribution >= 4 is 23.1 Å². The van der Waals surface area contributed by atoms with Gasteiger partial charge in [0, 0.05) is 19.7 Å². The van der Waals surface area contributed by atoms with Gasteiger partial charge in [0.2, 0.25) is 0 Å². The molecule has 0 aromatic heterocycles. The fourth-order valence-electron chi connectivity index (χ4n) is 4.79. The van der Waals surface area contributed by atoms with Crippen LogP contribution in [0, 0.1) is 19.8 Å². The third-order valence-electron chi connectivity index (χ3n) is 6.29. The lowest BCUT2D eigenvalue weighted by Crippen LogP contribution is -2.40. The minimum atomic E-state index is -0.363. The molecule has 1 fully saturated rings. The summed E-state index contributed by atoms with van der Waals surface area (Å²) in [6.07, 6.45) is 1.74. The molecule has 1 atom stereocenters. The average molecular weight is 451 g/mol. The monoisotopic (exact) mass is 450 g/mol. The van der Waals surface area contributed by atoms with Crippen molar-refractivity contribution in [1.29, 1.82) is 0 Å². The first-order valence-electron chi connectivity index (χ1n) is 11.2. The number of nitrogens with zero attached hydrogens (tertiary/aromatic N) is 2. The lowest BCUT2D eigenvalue weighted by molar-refractivity contribution is -0.120. The predicted octanol–water partition coefficient (Wildman–Crippen LogP) is 3.31. The second-order valence-electron chi connectivity index (χ2n) is 8.72. The Kier molecular flexibility index (Phi) is 6.42. The standard InChI is InChI=1S/C26H30N2O5/c1-16-10-17(2)12-20(11-16)28-25(30)23(19-7-8-21(32-3)22(13-19)33-4)24(26(28)31)27-9-5-6-18(14-27)15-29/h7-8,10-13,18,29H,5-6,9,14-15H2,1-4H3. The summed E-state index contributed by atoms with van der Waals surface area (Å²) >= 11 is 0. The molecule has 2 heterocycles. The molecule has 0 radical (unpaired) electrons. The van der Waals surface area contributed by atoms with Gasteiger partial charge < -0.3 is 19.5 Å². The highest BCUT2D eigenvalue weighted by Gasteiger charge is 2.43. The molecule has 174 valence electrons. The zero-order valence-corrected chi connectivity index (χ0v) is 19.6. The molecular formula is C26H30N2O5. The van der Waals surface area contributed by atoms with Crippen LogP contribution in [0.25, 0.3) is 5.57 Å². The minimum absolute atomic E-state index is 0.0540. The van der Waals surface area contributed by atoms with Crippen molar-refractivity contribution in [3.8, 4) is 11.5 Å². The Morgan fingerprint density at radius 2 is 1.67 bits per heavy atom. The topological polar surface area (TPSA) is 79.3 Å². The van der Waals surface area contributed by atoms with E-state index in [0.717, 1.165) is 24.0 Å². The maximum Gasteiger partial charge on any atom is 0.282 e. The number of aliphatic hydroxyl groups excluding tert-OH is 1. The Hall–Kier alpha value is -3.32. The molecule has 7 heteroatoms. The van der Waals surface area contributed by atoms with Crippen molar-refractivity contribution in [3.05, 3.63) is 58.8 Å². The van der Waals surface area contributed by atoms with Crippen molar-refractivity contribution in [1.82, 2.24) is 4.90 Å². The molecule has 1 saturated heterocycles. The molecule has 0 saturated carbocycles. The number of benzene rings is 2. The second kappa shape index (κ2) is 9.27. The second-order valence-corrected chi connectivity index (χ2v) is 8.72. The molecule has 2 aromatic rings. The van der Waals surface area contributed by atoms with Crippen LogP contribution in [0.1, 0.15) is 29.5 Å². The van der Waals surface area contributed by atoms with Gasteiger partial charge >= 0.3 is 0 Å². The third-order valence-corrected chi connectivity index (χ3v) is 6.29. The lowest BCUT2D eigenvalue weighted by atomic mass is 9.96. The van der Waals surface area contributed by atoms with Gasteiger partial charge in [-0.15, -0.1) is 0 Å². The number of carbonyl (C=O) groups excluding carboxylic acids is 2. The molecule has 4 rings (SSSR count). The van der Waals surface area contributed by atoms with Gasteiger partial charge in [-0.2, -0.15) is 0 Å². The van der Waals surface area contributed by atoms with Gasteiger partial charge in [0.05, 0.1) is 25.5 Å². The van der Waals surface area contributed by atoms with Crippen LogP contribution in [0.15, 0.2) is 42.1 Å². The van der Waals surface area contributed by atoms with Crippen molar-refractivity contribution in [2.24, 2.45) is 5.92 Å². The Bertz CT molecular complexity index is 1100. The maximum absolute atomic E-state index is 13.8. The van der Waals surface area contributed by atoms with Crippen LogP contribution in [0.2, 0.25) is 0 Å². The van der Waals surface area contributed by atoms with E-state index in [-0.39, 0.29) is 24.3 Å². The smallest absolute Gasteiger partial charge is 0.282 e. The first kappa shape index (κ1) is 22.9. The Labute approximate surface area is 194 Å². The number of aliphatic hydroxyl groups is 1. The Morgan fingerprint density at radius 1 is 0.970 bits per heavy atom. The van der Waals surface area contributed by atoms with Gasteiger partial charge in [-0.3, -0.25) is 9.59 Å². The quantitative estimate of drug-likeness (QED) is 0.681. The number of rotatable bonds is 6. The first-order chi connectivity index (χ1) is 15.9. The number of hydrogen-bond acceptors (Lipinski definition) is 6. The number of carbonyl (C=O) groups is 2. The van der Waals surface area contributed by atoms with Crippen molar-refractivity contribution in [2.75, 3.05) is 38.8 Å². The van der Waals surface area contributed by atoms with Gasteiger partial charge in [-0.05, 0) is 73.6 Å². The van der Waals surface area contributed by atoms with Gasteiger partial charge in [-0.1, -0.05) is 12.1 Å². The summed E-state index contributed by atoms with van der Waals surface area (Å²) in [5.41, 5.74) is 3.84. The summed E-state index contributed by atoms with van der Waals surface area (Å²) in [5, 5.41) is 9.73. The van der Waals surface area contributed by atoms with Gasteiger partial charge in [0.15, 0.2) is 11.5 Å². The Balaban J connectivity index is 1.86. The normalized spacial score (nSPS) is 18.9. The molecule has 2 aliphatic heterocycles. The molecule has 33 heavy (non-hydrogen) atoms. The summed E-state index contributed by atoms with van der Waals surface area (Å²) in [5.74, 6) is 0.395. The van der Waals surface area contributed by atoms with E-state index in [2.05, 4.69) is 0 Å². The van der Waals surface area contributed by atoms with Gasteiger partial charge in [-0.25, -0.2) is 4.90 Å². The zero-order valence-electron chi connectivity index (χ0n) is 19.6. The molecule has 0 bridgehead atoms. The van der Waals surface area contributed by atoms with E-state index >= 15 is 0 Å². The maximum atomic E-state index is 13.8. The predicted molar refractivity (Wildman–Crippen MR) is 126 cm³/mol. The molecule has 2 aliphatic rings. The fourth-order valence-corrected chi connectivity index (χ4v) is 4.79. The highest BCUT2D eigenvalue weighted by Crippen LogP contribution is 2.39. The van der Waals surface area contributed by atoms with Gasteiger partial charge in [0.1, 0.15) is 5.70 Å². The minimum Gasteiger partial charge on any atom is -0.493 e. The number of hydrogen-bond donors (Lipinski definition) is 1. The summed E-state index contributed by atoms with van der Waals surface area (Å²) in [6, 6.07) is 11.0. The van der Waals surface area contributed by atoms with E-state index in [1.807, 2.05) is 36.9 Å². The molecule has 1 unspecified atom stereocenters. The summed E-state index contributed by atoms with van der Waals surface area (Å²) in [4.78, 5) is 30.8. The van der Waals surface area contributed by atoms with Crippen LogP contribution in [-0.2, 0) is 9.59 Å². The number of likely N-dealkylation sites (tertiary alicyclic amines) is 1. The van der Waals surface area contributed by atoms with E-state index in [1.54, 1.807) is 25.3 Å². The van der Waals surface area contributed by atoms with E-state index < -0.39 is 0 Å².